The molecule has 0 aliphatic rings. The van der Waals surface area contributed by atoms with Crippen molar-refractivity contribution in [2.75, 3.05) is 11.4 Å². The van der Waals surface area contributed by atoms with Crippen molar-refractivity contribution >= 4 is 17.8 Å². The molecular formula is C22H22N4O. The smallest absolute Gasteiger partial charge is 0.271 e. The number of rotatable bonds is 7. The van der Waals surface area contributed by atoms with E-state index in [1.54, 1.807) is 30.7 Å². The van der Waals surface area contributed by atoms with Gasteiger partial charge in [0.15, 0.2) is 0 Å². The summed E-state index contributed by atoms with van der Waals surface area (Å²) < 4.78 is 0. The number of hydrogen-bond donors (Lipinski definition) is 1. The van der Waals surface area contributed by atoms with Gasteiger partial charge < -0.3 is 4.90 Å². The van der Waals surface area contributed by atoms with Gasteiger partial charge in [-0.3, -0.25) is 9.78 Å². The second-order valence-corrected chi connectivity index (χ2v) is 6.03. The molecular weight excluding hydrogens is 336 g/mol. The number of nitrogens with zero attached hydrogens (tertiary/aromatic N) is 3. The van der Waals surface area contributed by atoms with Gasteiger partial charge in [-0.1, -0.05) is 42.5 Å². The van der Waals surface area contributed by atoms with Gasteiger partial charge in [-0.05, 0) is 42.3 Å². The number of nitrogens with one attached hydrogen (secondary N) is 1. The van der Waals surface area contributed by atoms with Crippen molar-refractivity contribution in [3.63, 3.8) is 0 Å². The number of benzene rings is 2. The summed E-state index contributed by atoms with van der Waals surface area (Å²) in [6.07, 6.45) is 4.79. The molecule has 27 heavy (non-hydrogen) atoms. The first-order valence-electron chi connectivity index (χ1n) is 8.88. The fourth-order valence-electron chi connectivity index (χ4n) is 2.69. The molecule has 2 aromatic carbocycles. The van der Waals surface area contributed by atoms with E-state index in [-0.39, 0.29) is 5.91 Å². The number of hydrazone groups is 1. The predicted octanol–water partition coefficient (Wildman–Crippen LogP) is 3.87. The molecule has 0 radical (unpaired) electrons. The predicted molar refractivity (Wildman–Crippen MR) is 109 cm³/mol. The molecule has 0 spiro atoms. The van der Waals surface area contributed by atoms with Crippen LogP contribution in [0.4, 0.5) is 5.69 Å². The molecule has 3 aromatic rings. The lowest BCUT2D eigenvalue weighted by molar-refractivity contribution is 0.0955. The summed E-state index contributed by atoms with van der Waals surface area (Å²) >= 11 is 0. The van der Waals surface area contributed by atoms with Crippen molar-refractivity contribution in [3.05, 3.63) is 95.8 Å². The Labute approximate surface area is 159 Å². The Balaban J connectivity index is 1.60. The molecule has 0 saturated heterocycles. The first-order chi connectivity index (χ1) is 13.3. The molecule has 1 heterocycles. The molecule has 136 valence electrons. The fraction of sp³-hybridized carbons (Fsp3) is 0.136. The number of pyridine rings is 1. The highest BCUT2D eigenvalue weighted by Gasteiger charge is 2.05. The molecule has 0 saturated carbocycles. The van der Waals surface area contributed by atoms with E-state index in [4.69, 9.17) is 0 Å². The minimum Gasteiger partial charge on any atom is -0.367 e. The largest absolute Gasteiger partial charge is 0.367 e. The molecule has 5 heteroatoms. The Kier molecular flexibility index (Phi) is 6.30. The van der Waals surface area contributed by atoms with E-state index >= 15 is 0 Å². The highest BCUT2D eigenvalue weighted by molar-refractivity contribution is 5.94. The van der Waals surface area contributed by atoms with Crippen LogP contribution in [0.1, 0.15) is 28.4 Å². The van der Waals surface area contributed by atoms with Crippen LogP contribution in [-0.4, -0.2) is 23.7 Å². The van der Waals surface area contributed by atoms with E-state index in [0.717, 1.165) is 24.3 Å². The second kappa shape index (κ2) is 9.29. The zero-order valence-corrected chi connectivity index (χ0v) is 15.2. The number of amides is 1. The van der Waals surface area contributed by atoms with Crippen molar-refractivity contribution in [3.8, 4) is 0 Å². The molecule has 1 amide bonds. The van der Waals surface area contributed by atoms with Gasteiger partial charge in [0.25, 0.3) is 5.91 Å². The average Bonchev–Trinajstić information content (AvgIpc) is 2.74. The summed E-state index contributed by atoms with van der Waals surface area (Å²) in [6, 6.07) is 21.8. The summed E-state index contributed by atoms with van der Waals surface area (Å²) in [5.41, 5.74) is 6.40. The summed E-state index contributed by atoms with van der Waals surface area (Å²) in [5.74, 6) is -0.259. The molecule has 0 unspecified atom stereocenters. The van der Waals surface area contributed by atoms with Crippen LogP contribution < -0.4 is 10.3 Å². The first kappa shape index (κ1) is 18.3. The first-order valence-corrected chi connectivity index (χ1v) is 8.88. The standard InChI is InChI=1S/C22H22N4O/c1-2-26(17-19-6-4-3-5-7-19)21-10-8-18(9-11-21)16-24-25-22(27)20-12-14-23-15-13-20/h3-16H,2,17H2,1H3,(H,25,27). The number of carbonyl (C=O) groups is 1. The third kappa shape index (κ3) is 5.25. The van der Waals surface area contributed by atoms with Crippen LogP contribution in [0.3, 0.4) is 0 Å². The van der Waals surface area contributed by atoms with Crippen molar-refractivity contribution in [1.82, 2.24) is 10.4 Å². The van der Waals surface area contributed by atoms with Crippen LogP contribution >= 0.6 is 0 Å². The Morgan fingerprint density at radius 1 is 1.04 bits per heavy atom. The topological polar surface area (TPSA) is 57.6 Å². The maximum absolute atomic E-state index is 11.9. The maximum atomic E-state index is 11.9. The van der Waals surface area contributed by atoms with Gasteiger partial charge >= 0.3 is 0 Å². The van der Waals surface area contributed by atoms with Crippen molar-refractivity contribution < 1.29 is 4.79 Å². The lowest BCUT2D eigenvalue weighted by atomic mass is 10.1. The van der Waals surface area contributed by atoms with Crippen molar-refractivity contribution in [2.24, 2.45) is 5.10 Å². The van der Waals surface area contributed by atoms with Gasteiger partial charge in [-0.15, -0.1) is 0 Å². The minimum absolute atomic E-state index is 0.259. The Morgan fingerprint density at radius 2 is 1.74 bits per heavy atom. The molecule has 0 atom stereocenters. The van der Waals surface area contributed by atoms with Gasteiger partial charge in [0.2, 0.25) is 0 Å². The van der Waals surface area contributed by atoms with Crippen LogP contribution in [0.2, 0.25) is 0 Å². The SMILES string of the molecule is CCN(Cc1ccccc1)c1ccc(C=NNC(=O)c2ccncc2)cc1. The van der Waals surface area contributed by atoms with Gasteiger partial charge in [-0.25, -0.2) is 5.43 Å². The normalized spacial score (nSPS) is 10.7. The zero-order chi connectivity index (χ0) is 18.9. The third-order valence-electron chi connectivity index (χ3n) is 4.18. The number of anilines is 1. The quantitative estimate of drug-likeness (QED) is 0.515. The van der Waals surface area contributed by atoms with Gasteiger partial charge in [-0.2, -0.15) is 5.10 Å². The molecule has 1 aromatic heterocycles. The highest BCUT2D eigenvalue weighted by atomic mass is 16.2. The van der Waals surface area contributed by atoms with Gasteiger partial charge in [0.1, 0.15) is 0 Å². The molecule has 0 aliphatic heterocycles. The van der Waals surface area contributed by atoms with E-state index in [1.165, 1.54) is 5.56 Å². The van der Waals surface area contributed by atoms with E-state index in [1.807, 2.05) is 18.2 Å². The van der Waals surface area contributed by atoms with Gasteiger partial charge in [0, 0.05) is 36.7 Å². The van der Waals surface area contributed by atoms with E-state index in [9.17, 15) is 4.79 Å². The van der Waals surface area contributed by atoms with Crippen LogP contribution in [-0.2, 0) is 6.54 Å². The second-order valence-electron chi connectivity index (χ2n) is 6.03. The summed E-state index contributed by atoms with van der Waals surface area (Å²) in [4.78, 5) is 18.1. The van der Waals surface area contributed by atoms with E-state index < -0.39 is 0 Å². The number of carbonyl (C=O) groups excluding carboxylic acids is 1. The third-order valence-corrected chi connectivity index (χ3v) is 4.18. The molecule has 5 nitrogen and oxygen atoms in total. The van der Waals surface area contributed by atoms with Crippen molar-refractivity contribution in [2.45, 2.75) is 13.5 Å². The molecule has 1 N–H and O–H groups in total. The molecule has 3 rings (SSSR count). The van der Waals surface area contributed by atoms with Crippen LogP contribution in [0.25, 0.3) is 0 Å². The monoisotopic (exact) mass is 358 g/mol. The number of hydrogen-bond acceptors (Lipinski definition) is 4. The average molecular weight is 358 g/mol. The Hall–Kier alpha value is -3.47. The van der Waals surface area contributed by atoms with Crippen molar-refractivity contribution in [1.29, 1.82) is 0 Å². The van der Waals surface area contributed by atoms with Crippen LogP contribution in [0, 0.1) is 0 Å². The molecule has 0 aliphatic carbocycles. The zero-order valence-electron chi connectivity index (χ0n) is 15.2. The number of aromatic nitrogens is 1. The lowest BCUT2D eigenvalue weighted by Crippen LogP contribution is -2.21. The van der Waals surface area contributed by atoms with E-state index in [2.05, 4.69) is 63.7 Å². The maximum Gasteiger partial charge on any atom is 0.271 e. The summed E-state index contributed by atoms with van der Waals surface area (Å²) in [5, 5.41) is 4.02. The highest BCUT2D eigenvalue weighted by Crippen LogP contribution is 2.17. The fourth-order valence-corrected chi connectivity index (χ4v) is 2.69. The Bertz CT molecular complexity index is 877. The van der Waals surface area contributed by atoms with Gasteiger partial charge in [0.05, 0.1) is 6.21 Å². The van der Waals surface area contributed by atoms with E-state index in [0.29, 0.717) is 5.56 Å². The lowest BCUT2D eigenvalue weighted by Gasteiger charge is -2.23. The molecule has 0 fully saturated rings. The Morgan fingerprint density at radius 3 is 2.41 bits per heavy atom. The molecule has 0 bridgehead atoms. The minimum atomic E-state index is -0.259. The summed E-state index contributed by atoms with van der Waals surface area (Å²) in [7, 11) is 0. The summed E-state index contributed by atoms with van der Waals surface area (Å²) in [6.45, 7) is 3.93. The van der Waals surface area contributed by atoms with Crippen LogP contribution in [0.5, 0.6) is 0 Å². The van der Waals surface area contributed by atoms with Crippen LogP contribution in [0.15, 0.2) is 84.2 Å².